The minimum absolute atomic E-state index is 0.0219. The van der Waals surface area contributed by atoms with Gasteiger partial charge in [0.05, 0.1) is 4.90 Å². The van der Waals surface area contributed by atoms with Crippen LogP contribution in [-0.2, 0) is 24.3 Å². The van der Waals surface area contributed by atoms with Crippen molar-refractivity contribution in [1.29, 1.82) is 0 Å². The van der Waals surface area contributed by atoms with Gasteiger partial charge in [0.1, 0.15) is 6.04 Å². The number of rotatable bonds is 4. The summed E-state index contributed by atoms with van der Waals surface area (Å²) in [6.45, 7) is 3.03. The van der Waals surface area contributed by atoms with E-state index >= 15 is 0 Å². The van der Waals surface area contributed by atoms with Gasteiger partial charge in [0.15, 0.2) is 0 Å². The number of carbonyl (C=O) groups is 2. The third-order valence-corrected chi connectivity index (χ3v) is 5.80. The largest absolute Gasteiger partial charge is 0.450 e. The van der Waals surface area contributed by atoms with Gasteiger partial charge in [0.2, 0.25) is 6.10 Å². The zero-order chi connectivity index (χ0) is 18.2. The van der Waals surface area contributed by atoms with E-state index in [1.807, 2.05) is 6.92 Å². The second kappa shape index (κ2) is 6.33. The summed E-state index contributed by atoms with van der Waals surface area (Å²) in [6.07, 6.45) is -1.14. The summed E-state index contributed by atoms with van der Waals surface area (Å²) in [7, 11) is -4.04. The van der Waals surface area contributed by atoms with E-state index in [0.717, 1.165) is 9.87 Å². The Bertz CT molecular complexity index is 906. The number of hydrogen-bond donors (Lipinski definition) is 0. The molecule has 0 bridgehead atoms. The van der Waals surface area contributed by atoms with Crippen LogP contribution in [0.2, 0.25) is 0 Å². The highest BCUT2D eigenvalue weighted by Crippen LogP contribution is 2.41. The molecule has 2 unspecified atom stereocenters. The van der Waals surface area contributed by atoms with Crippen LogP contribution in [0.15, 0.2) is 59.5 Å². The number of β-lactam (4-membered cyclic amide) rings is 1. The lowest BCUT2D eigenvalue weighted by Gasteiger charge is -2.44. The zero-order valence-corrected chi connectivity index (χ0v) is 14.6. The highest BCUT2D eigenvalue weighted by molar-refractivity contribution is 7.89. The van der Waals surface area contributed by atoms with E-state index in [4.69, 9.17) is 4.74 Å². The number of carbonyl (C=O) groups excluding carboxylic acids is 2. The summed E-state index contributed by atoms with van der Waals surface area (Å²) in [4.78, 5) is 23.8. The summed E-state index contributed by atoms with van der Waals surface area (Å²) in [5, 5.41) is 0. The Morgan fingerprint density at radius 1 is 1.04 bits per heavy atom. The Morgan fingerprint density at radius 2 is 1.64 bits per heavy atom. The highest BCUT2D eigenvalue weighted by Gasteiger charge is 2.56. The molecule has 1 aliphatic rings. The van der Waals surface area contributed by atoms with Crippen LogP contribution in [-0.4, -0.2) is 30.7 Å². The number of benzene rings is 2. The van der Waals surface area contributed by atoms with E-state index in [1.165, 1.54) is 19.1 Å². The first-order valence-corrected chi connectivity index (χ1v) is 9.13. The molecule has 0 aliphatic carbocycles. The van der Waals surface area contributed by atoms with Crippen molar-refractivity contribution in [3.05, 3.63) is 65.7 Å². The fourth-order valence-electron chi connectivity index (χ4n) is 2.78. The predicted molar refractivity (Wildman–Crippen MR) is 89.9 cm³/mol. The SMILES string of the molecule is CC(=O)OC1C(=O)N(S(=O)(=O)c2ccc(C)cc2)C1c1ccccc1. The number of aryl methyl sites for hydroxylation is 1. The van der Waals surface area contributed by atoms with Gasteiger partial charge in [-0.15, -0.1) is 0 Å². The van der Waals surface area contributed by atoms with E-state index in [2.05, 4.69) is 0 Å². The Balaban J connectivity index is 2.03. The lowest BCUT2D eigenvalue weighted by atomic mass is 9.94. The van der Waals surface area contributed by atoms with E-state index in [-0.39, 0.29) is 4.90 Å². The smallest absolute Gasteiger partial charge is 0.303 e. The fraction of sp³-hybridized carbons (Fsp3) is 0.222. The molecule has 25 heavy (non-hydrogen) atoms. The molecule has 2 aromatic rings. The van der Waals surface area contributed by atoms with Crippen molar-refractivity contribution in [1.82, 2.24) is 4.31 Å². The number of hydrogen-bond acceptors (Lipinski definition) is 5. The monoisotopic (exact) mass is 359 g/mol. The van der Waals surface area contributed by atoms with Gasteiger partial charge in [0.25, 0.3) is 15.9 Å². The summed E-state index contributed by atoms with van der Waals surface area (Å²) in [6, 6.07) is 14.0. The summed E-state index contributed by atoms with van der Waals surface area (Å²) < 4.78 is 31.7. The first kappa shape index (κ1) is 17.2. The molecule has 3 rings (SSSR count). The normalized spacial score (nSPS) is 20.1. The van der Waals surface area contributed by atoms with Crippen LogP contribution in [0.1, 0.15) is 24.1 Å². The van der Waals surface area contributed by atoms with Crippen LogP contribution in [0.4, 0.5) is 0 Å². The number of amides is 1. The van der Waals surface area contributed by atoms with Crippen molar-refractivity contribution in [2.75, 3.05) is 0 Å². The van der Waals surface area contributed by atoms with Crippen LogP contribution in [0.3, 0.4) is 0 Å². The maximum absolute atomic E-state index is 12.9. The van der Waals surface area contributed by atoms with E-state index in [9.17, 15) is 18.0 Å². The van der Waals surface area contributed by atoms with Crippen molar-refractivity contribution in [3.8, 4) is 0 Å². The maximum atomic E-state index is 12.9. The standard InChI is InChI=1S/C18H17NO5S/c1-12-8-10-15(11-9-12)25(22,23)19-16(14-6-4-3-5-7-14)17(18(19)21)24-13(2)20/h3-11,16-17H,1-2H3. The van der Waals surface area contributed by atoms with Gasteiger partial charge < -0.3 is 4.74 Å². The highest BCUT2D eigenvalue weighted by atomic mass is 32.2. The molecule has 2 aromatic carbocycles. The van der Waals surface area contributed by atoms with Gasteiger partial charge in [-0.25, -0.2) is 12.7 Å². The molecule has 0 aromatic heterocycles. The van der Waals surface area contributed by atoms with Crippen molar-refractivity contribution < 1.29 is 22.7 Å². The van der Waals surface area contributed by atoms with Crippen LogP contribution < -0.4 is 0 Å². The minimum atomic E-state index is -4.04. The van der Waals surface area contributed by atoms with Gasteiger partial charge in [-0.2, -0.15) is 0 Å². The fourth-order valence-corrected chi connectivity index (χ4v) is 4.36. The van der Waals surface area contributed by atoms with Gasteiger partial charge in [0, 0.05) is 6.92 Å². The molecule has 7 heteroatoms. The number of esters is 1. The number of nitrogens with zero attached hydrogens (tertiary/aromatic N) is 1. The maximum Gasteiger partial charge on any atom is 0.303 e. The molecular formula is C18H17NO5S. The van der Waals surface area contributed by atoms with Crippen molar-refractivity contribution >= 4 is 21.9 Å². The Kier molecular flexibility index (Phi) is 4.34. The summed E-state index contributed by atoms with van der Waals surface area (Å²) in [5.41, 5.74) is 1.50. The molecule has 2 atom stereocenters. The number of sulfonamides is 1. The third kappa shape index (κ3) is 3.02. The first-order valence-electron chi connectivity index (χ1n) is 7.69. The lowest BCUT2D eigenvalue weighted by molar-refractivity contribution is -0.174. The van der Waals surface area contributed by atoms with E-state index in [1.54, 1.807) is 42.5 Å². The molecule has 1 heterocycles. The first-order chi connectivity index (χ1) is 11.8. The molecular weight excluding hydrogens is 342 g/mol. The molecule has 6 nitrogen and oxygen atoms in total. The lowest BCUT2D eigenvalue weighted by Crippen LogP contribution is -2.62. The van der Waals surface area contributed by atoms with Crippen molar-refractivity contribution in [2.45, 2.75) is 30.9 Å². The summed E-state index contributed by atoms with van der Waals surface area (Å²) in [5.74, 6) is -1.38. The van der Waals surface area contributed by atoms with Crippen molar-refractivity contribution in [2.24, 2.45) is 0 Å². The van der Waals surface area contributed by atoms with Crippen LogP contribution in [0.5, 0.6) is 0 Å². The van der Waals surface area contributed by atoms with E-state index < -0.39 is 34.0 Å². The van der Waals surface area contributed by atoms with Gasteiger partial charge in [-0.05, 0) is 24.6 Å². The van der Waals surface area contributed by atoms with Crippen molar-refractivity contribution in [3.63, 3.8) is 0 Å². The van der Waals surface area contributed by atoms with Gasteiger partial charge in [-0.3, -0.25) is 9.59 Å². The average molecular weight is 359 g/mol. The molecule has 1 amide bonds. The Hall–Kier alpha value is -2.67. The molecule has 0 spiro atoms. The van der Waals surface area contributed by atoms with Crippen LogP contribution in [0, 0.1) is 6.92 Å². The van der Waals surface area contributed by atoms with Gasteiger partial charge >= 0.3 is 5.97 Å². The second-order valence-corrected chi connectivity index (χ2v) is 7.65. The van der Waals surface area contributed by atoms with Crippen LogP contribution in [0.25, 0.3) is 0 Å². The minimum Gasteiger partial charge on any atom is -0.450 e. The molecule has 1 saturated heterocycles. The molecule has 130 valence electrons. The Morgan fingerprint density at radius 3 is 2.20 bits per heavy atom. The molecule has 1 fully saturated rings. The molecule has 0 radical (unpaired) electrons. The molecule has 0 N–H and O–H groups in total. The van der Waals surface area contributed by atoms with Gasteiger partial charge in [-0.1, -0.05) is 48.0 Å². The van der Waals surface area contributed by atoms with Crippen LogP contribution >= 0.6 is 0 Å². The quantitative estimate of drug-likeness (QED) is 0.617. The second-order valence-electron chi connectivity index (χ2n) is 5.84. The summed E-state index contributed by atoms with van der Waals surface area (Å²) >= 11 is 0. The topological polar surface area (TPSA) is 80.8 Å². The van der Waals surface area contributed by atoms with E-state index in [0.29, 0.717) is 5.56 Å². The zero-order valence-electron chi connectivity index (χ0n) is 13.7. The third-order valence-electron chi connectivity index (χ3n) is 4.01. The molecule has 0 saturated carbocycles. The number of ether oxygens (including phenoxy) is 1. The predicted octanol–water partition coefficient (Wildman–Crippen LogP) is 2.20. The molecule has 1 aliphatic heterocycles. The average Bonchev–Trinajstić information content (AvgIpc) is 2.58. The Labute approximate surface area is 146 Å².